The van der Waals surface area contributed by atoms with Gasteiger partial charge in [-0.1, -0.05) is 32.9 Å². The molecule has 1 aliphatic heterocycles. The summed E-state index contributed by atoms with van der Waals surface area (Å²) >= 11 is 3.54. The number of nitrogens with zero attached hydrogens (tertiary/aromatic N) is 1. The number of carbonyl (C=O) groups is 1. The molecule has 0 unspecified atom stereocenters. The molecule has 0 aliphatic carbocycles. The molecule has 0 bridgehead atoms. The fourth-order valence-electron chi connectivity index (χ4n) is 2.98. The lowest BCUT2D eigenvalue weighted by molar-refractivity contribution is -0.129. The van der Waals surface area contributed by atoms with E-state index in [4.69, 9.17) is 14.2 Å². The number of esters is 1. The molecule has 158 valence electrons. The van der Waals surface area contributed by atoms with Gasteiger partial charge < -0.3 is 14.2 Å². The highest BCUT2D eigenvalue weighted by atomic mass is 79.9. The Labute approximate surface area is 185 Å². The van der Waals surface area contributed by atoms with E-state index in [9.17, 15) is 4.79 Å². The van der Waals surface area contributed by atoms with E-state index in [1.165, 1.54) is 5.56 Å². The van der Waals surface area contributed by atoms with Crippen LogP contribution in [0.5, 0.6) is 11.5 Å². The third-order valence-electron chi connectivity index (χ3n) is 4.53. The molecule has 5 nitrogen and oxygen atoms in total. The quantitative estimate of drug-likeness (QED) is 0.344. The van der Waals surface area contributed by atoms with Crippen LogP contribution in [0.4, 0.5) is 0 Å². The number of rotatable bonds is 8. The molecular formula is C24H26BrNO4. The number of hydrogen-bond acceptors (Lipinski definition) is 5. The minimum absolute atomic E-state index is 0.245. The van der Waals surface area contributed by atoms with E-state index in [0.717, 1.165) is 22.0 Å². The first-order chi connectivity index (χ1) is 14.4. The maximum atomic E-state index is 12.4. The summed E-state index contributed by atoms with van der Waals surface area (Å²) in [4.78, 5) is 16.8. The fraction of sp³-hybridized carbons (Fsp3) is 0.333. The van der Waals surface area contributed by atoms with Gasteiger partial charge in [-0.2, -0.15) is 0 Å². The first kappa shape index (κ1) is 22.1. The van der Waals surface area contributed by atoms with Crippen LogP contribution < -0.4 is 9.47 Å². The average molecular weight is 472 g/mol. The predicted molar refractivity (Wildman–Crippen MR) is 122 cm³/mol. The van der Waals surface area contributed by atoms with E-state index in [2.05, 4.69) is 34.8 Å². The highest BCUT2D eigenvalue weighted by Gasteiger charge is 2.24. The van der Waals surface area contributed by atoms with Gasteiger partial charge in [-0.25, -0.2) is 9.79 Å². The Kier molecular flexibility index (Phi) is 7.32. The largest absolute Gasteiger partial charge is 0.490 e. The molecule has 0 aromatic heterocycles. The van der Waals surface area contributed by atoms with Crippen molar-refractivity contribution >= 4 is 33.9 Å². The van der Waals surface area contributed by atoms with Crippen LogP contribution in [-0.2, 0) is 9.53 Å². The monoisotopic (exact) mass is 471 g/mol. The summed E-state index contributed by atoms with van der Waals surface area (Å²) in [6.45, 7) is 9.33. The van der Waals surface area contributed by atoms with E-state index < -0.39 is 5.97 Å². The van der Waals surface area contributed by atoms with E-state index in [0.29, 0.717) is 36.5 Å². The molecule has 0 amide bonds. The Morgan fingerprint density at radius 2 is 1.87 bits per heavy atom. The van der Waals surface area contributed by atoms with Crippen molar-refractivity contribution in [3.63, 3.8) is 0 Å². The highest BCUT2D eigenvalue weighted by Crippen LogP contribution is 2.38. The topological polar surface area (TPSA) is 57.1 Å². The van der Waals surface area contributed by atoms with Crippen LogP contribution in [0.2, 0.25) is 0 Å². The summed E-state index contributed by atoms with van der Waals surface area (Å²) in [5, 5.41) is 0. The van der Waals surface area contributed by atoms with Crippen LogP contribution >= 0.6 is 15.9 Å². The van der Waals surface area contributed by atoms with Crippen LogP contribution in [0, 0.1) is 0 Å². The van der Waals surface area contributed by atoms with E-state index >= 15 is 0 Å². The molecule has 1 aliphatic rings. The zero-order valence-electron chi connectivity index (χ0n) is 17.7. The van der Waals surface area contributed by atoms with Crippen molar-refractivity contribution in [1.82, 2.24) is 0 Å². The lowest BCUT2D eigenvalue weighted by Crippen LogP contribution is -2.05. The van der Waals surface area contributed by atoms with Crippen molar-refractivity contribution in [1.29, 1.82) is 0 Å². The van der Waals surface area contributed by atoms with Gasteiger partial charge in [0.25, 0.3) is 0 Å². The summed E-state index contributed by atoms with van der Waals surface area (Å²) in [6.07, 6.45) is 2.58. The molecule has 6 heteroatoms. The van der Waals surface area contributed by atoms with E-state index in [-0.39, 0.29) is 5.70 Å². The van der Waals surface area contributed by atoms with Gasteiger partial charge in [0.1, 0.15) is 0 Å². The zero-order chi connectivity index (χ0) is 21.7. The first-order valence-corrected chi connectivity index (χ1v) is 10.9. The van der Waals surface area contributed by atoms with Gasteiger partial charge in [-0.15, -0.1) is 0 Å². The minimum atomic E-state index is -0.474. The minimum Gasteiger partial charge on any atom is -0.490 e. The molecule has 0 fully saturated rings. The predicted octanol–water partition coefficient (Wildman–Crippen LogP) is 6.10. The van der Waals surface area contributed by atoms with Crippen LogP contribution in [-0.4, -0.2) is 25.1 Å². The van der Waals surface area contributed by atoms with Crippen molar-refractivity contribution in [2.75, 3.05) is 13.2 Å². The summed E-state index contributed by atoms with van der Waals surface area (Å²) in [5.74, 6) is 1.55. The van der Waals surface area contributed by atoms with Crippen molar-refractivity contribution in [3.8, 4) is 11.5 Å². The van der Waals surface area contributed by atoms with Crippen LogP contribution in [0.25, 0.3) is 6.08 Å². The number of carbonyl (C=O) groups excluding carboxylic acids is 1. The summed E-state index contributed by atoms with van der Waals surface area (Å²) in [5.41, 5.74) is 3.00. The third kappa shape index (κ3) is 5.11. The zero-order valence-corrected chi connectivity index (χ0v) is 19.3. The lowest BCUT2D eigenvalue weighted by atomic mass is 10.0. The van der Waals surface area contributed by atoms with Crippen molar-refractivity contribution in [3.05, 3.63) is 63.3 Å². The van der Waals surface area contributed by atoms with Crippen LogP contribution in [0.1, 0.15) is 56.7 Å². The molecule has 0 saturated carbocycles. The number of benzene rings is 2. The number of ether oxygens (including phenoxy) is 3. The number of aliphatic imine (C=N–C) groups is 1. The molecule has 0 N–H and O–H groups in total. The lowest BCUT2D eigenvalue weighted by Gasteiger charge is -2.14. The molecular weight excluding hydrogens is 446 g/mol. The second-order valence-corrected chi connectivity index (χ2v) is 8.08. The van der Waals surface area contributed by atoms with Crippen molar-refractivity contribution < 1.29 is 19.0 Å². The summed E-state index contributed by atoms with van der Waals surface area (Å²) in [7, 11) is 0. The summed E-state index contributed by atoms with van der Waals surface area (Å²) < 4.78 is 17.7. The van der Waals surface area contributed by atoms with Crippen molar-refractivity contribution in [2.24, 2.45) is 4.99 Å². The second kappa shape index (κ2) is 9.94. The highest BCUT2D eigenvalue weighted by molar-refractivity contribution is 9.10. The third-order valence-corrected chi connectivity index (χ3v) is 5.12. The molecule has 2 aromatic rings. The van der Waals surface area contributed by atoms with Crippen LogP contribution in [0.3, 0.4) is 0 Å². The Hall–Kier alpha value is -2.60. The fourth-order valence-corrected chi connectivity index (χ4v) is 3.55. The molecule has 3 rings (SSSR count). The second-order valence-electron chi connectivity index (χ2n) is 7.22. The number of cyclic esters (lactones) is 1. The van der Waals surface area contributed by atoms with E-state index in [1.54, 1.807) is 6.08 Å². The average Bonchev–Trinajstić information content (AvgIpc) is 3.08. The van der Waals surface area contributed by atoms with Gasteiger partial charge >= 0.3 is 5.97 Å². The van der Waals surface area contributed by atoms with E-state index in [1.807, 2.05) is 50.2 Å². The van der Waals surface area contributed by atoms with Gasteiger partial charge in [-0.05, 0) is 76.7 Å². The Morgan fingerprint density at radius 3 is 2.50 bits per heavy atom. The summed E-state index contributed by atoms with van der Waals surface area (Å²) in [6, 6.07) is 11.6. The maximum Gasteiger partial charge on any atom is 0.363 e. The van der Waals surface area contributed by atoms with Crippen LogP contribution in [0.15, 0.2) is 51.6 Å². The van der Waals surface area contributed by atoms with Gasteiger partial charge in [-0.3, -0.25) is 0 Å². The van der Waals surface area contributed by atoms with Gasteiger partial charge in [0.15, 0.2) is 17.2 Å². The molecule has 0 radical (unpaired) electrons. The molecule has 0 spiro atoms. The maximum absolute atomic E-state index is 12.4. The van der Waals surface area contributed by atoms with Gasteiger partial charge in [0, 0.05) is 5.56 Å². The van der Waals surface area contributed by atoms with Gasteiger partial charge in [0.05, 0.1) is 17.7 Å². The molecule has 0 saturated heterocycles. The Morgan fingerprint density at radius 1 is 1.13 bits per heavy atom. The van der Waals surface area contributed by atoms with Gasteiger partial charge in [0.2, 0.25) is 5.90 Å². The Bertz CT molecular complexity index is 977. The number of hydrogen-bond donors (Lipinski definition) is 0. The standard InChI is InChI=1S/C24H26BrNO4/c1-5-11-29-22-19(25)12-16(14-21(22)28-6-2)13-20-24(27)30-23(26-20)18-9-7-17(8-10-18)15(3)4/h7-10,12-15H,5-6,11H2,1-4H3/b20-13-. The molecule has 30 heavy (non-hydrogen) atoms. The molecule has 0 atom stereocenters. The molecule has 1 heterocycles. The normalized spacial score (nSPS) is 14.8. The van der Waals surface area contributed by atoms with Crippen molar-refractivity contribution in [2.45, 2.75) is 40.0 Å². The number of halogens is 1. The first-order valence-electron chi connectivity index (χ1n) is 10.1. The SMILES string of the molecule is CCCOc1c(Br)cc(/C=C2\N=C(c3ccc(C(C)C)cc3)OC2=O)cc1OCC. The smallest absolute Gasteiger partial charge is 0.363 e. The molecule has 2 aromatic carbocycles. The Balaban J connectivity index is 1.90.